The van der Waals surface area contributed by atoms with Crippen LogP contribution in [0, 0.1) is 6.92 Å². The number of fused-ring (bicyclic) bond motifs is 1. The van der Waals surface area contributed by atoms with Crippen molar-refractivity contribution in [2.45, 2.75) is 6.92 Å². The van der Waals surface area contributed by atoms with Gasteiger partial charge in [0.25, 0.3) is 0 Å². The number of nitrogens with two attached hydrogens (primary N) is 1. The number of rotatable bonds is 0. The summed E-state index contributed by atoms with van der Waals surface area (Å²) >= 11 is 5.76. The lowest BCUT2D eigenvalue weighted by Gasteiger charge is -2.00. The Morgan fingerprint density at radius 3 is 2.92 bits per heavy atom. The molecule has 2 N–H and O–H groups in total. The van der Waals surface area contributed by atoms with Crippen LogP contribution in [0.2, 0.25) is 5.02 Å². The van der Waals surface area contributed by atoms with Gasteiger partial charge in [0, 0.05) is 6.20 Å². The molecule has 5 heteroatoms. The maximum Gasteiger partial charge on any atom is 0.153 e. The zero-order valence-corrected chi connectivity index (χ0v) is 7.71. The third kappa shape index (κ3) is 1.40. The van der Waals surface area contributed by atoms with Gasteiger partial charge in [0.05, 0.1) is 10.5 Å². The molecule has 2 rings (SSSR count). The number of anilines is 1. The minimum Gasteiger partial charge on any atom is -0.382 e. The van der Waals surface area contributed by atoms with Gasteiger partial charge in [0.2, 0.25) is 0 Å². The maximum absolute atomic E-state index is 5.76. The van der Waals surface area contributed by atoms with Crippen molar-refractivity contribution in [1.29, 1.82) is 0 Å². The smallest absolute Gasteiger partial charge is 0.153 e. The van der Waals surface area contributed by atoms with Crippen LogP contribution >= 0.6 is 11.6 Å². The van der Waals surface area contributed by atoms with E-state index in [2.05, 4.69) is 15.0 Å². The second-order valence-electron chi connectivity index (χ2n) is 2.68. The third-order valence-electron chi connectivity index (χ3n) is 1.64. The minimum absolute atomic E-state index is 0.388. The monoisotopic (exact) mass is 194 g/mol. The number of hydrogen-bond donors (Lipinski definition) is 1. The van der Waals surface area contributed by atoms with Crippen LogP contribution in [0.3, 0.4) is 0 Å². The largest absolute Gasteiger partial charge is 0.382 e. The Morgan fingerprint density at radius 1 is 1.38 bits per heavy atom. The second-order valence-corrected chi connectivity index (χ2v) is 3.11. The number of halogens is 1. The first-order valence-corrected chi connectivity index (χ1v) is 4.10. The summed E-state index contributed by atoms with van der Waals surface area (Å²) in [6.07, 6.45) is 1.53. The van der Waals surface area contributed by atoms with Crippen molar-refractivity contribution in [1.82, 2.24) is 15.0 Å². The van der Waals surface area contributed by atoms with E-state index in [1.807, 2.05) is 0 Å². The van der Waals surface area contributed by atoms with Crippen molar-refractivity contribution >= 4 is 28.5 Å². The normalized spacial score (nSPS) is 10.6. The quantitative estimate of drug-likeness (QED) is 0.692. The van der Waals surface area contributed by atoms with Crippen molar-refractivity contribution in [3.8, 4) is 0 Å². The molecule has 0 bridgehead atoms. The Hall–Kier alpha value is -1.42. The van der Waals surface area contributed by atoms with Crippen molar-refractivity contribution < 1.29 is 0 Å². The lowest BCUT2D eigenvalue weighted by atomic mass is 10.3. The van der Waals surface area contributed by atoms with E-state index in [0.717, 1.165) is 0 Å². The second kappa shape index (κ2) is 2.81. The minimum atomic E-state index is 0.388. The van der Waals surface area contributed by atoms with Crippen molar-refractivity contribution in [3.63, 3.8) is 0 Å². The molecule has 2 heterocycles. The maximum atomic E-state index is 5.76. The number of pyridine rings is 1. The van der Waals surface area contributed by atoms with E-state index in [1.54, 1.807) is 13.0 Å². The summed E-state index contributed by atoms with van der Waals surface area (Å²) in [6, 6.07) is 1.72. The molecule has 4 nitrogen and oxygen atoms in total. The van der Waals surface area contributed by atoms with Crippen molar-refractivity contribution in [2.75, 3.05) is 5.73 Å². The van der Waals surface area contributed by atoms with Crippen LogP contribution in [-0.2, 0) is 0 Å². The van der Waals surface area contributed by atoms with E-state index in [-0.39, 0.29) is 0 Å². The van der Waals surface area contributed by atoms with Crippen molar-refractivity contribution in [3.05, 3.63) is 23.1 Å². The Bertz CT molecular complexity index is 464. The summed E-state index contributed by atoms with van der Waals surface area (Å²) in [4.78, 5) is 12.2. The molecule has 0 spiro atoms. The fourth-order valence-corrected chi connectivity index (χ4v) is 1.29. The summed E-state index contributed by atoms with van der Waals surface area (Å²) in [7, 11) is 0. The molecule has 0 aliphatic rings. The summed E-state index contributed by atoms with van der Waals surface area (Å²) in [5, 5.41) is 0.546. The summed E-state index contributed by atoms with van der Waals surface area (Å²) in [5.41, 5.74) is 6.92. The van der Waals surface area contributed by atoms with Crippen LogP contribution in [-0.4, -0.2) is 15.0 Å². The van der Waals surface area contributed by atoms with Gasteiger partial charge in [-0.25, -0.2) is 15.0 Å². The molecule has 0 aliphatic carbocycles. The highest BCUT2D eigenvalue weighted by Gasteiger charge is 2.03. The van der Waals surface area contributed by atoms with Gasteiger partial charge in [-0.3, -0.25) is 0 Å². The topological polar surface area (TPSA) is 64.7 Å². The van der Waals surface area contributed by atoms with Crippen LogP contribution in [0.4, 0.5) is 5.82 Å². The molecule has 2 aromatic heterocycles. The average molecular weight is 195 g/mol. The highest BCUT2D eigenvalue weighted by Crippen LogP contribution is 2.18. The van der Waals surface area contributed by atoms with E-state index >= 15 is 0 Å². The summed E-state index contributed by atoms with van der Waals surface area (Å²) in [6.45, 7) is 1.77. The molecule has 0 aliphatic heterocycles. The van der Waals surface area contributed by atoms with Crippen LogP contribution < -0.4 is 5.73 Å². The number of aromatic nitrogens is 3. The van der Waals surface area contributed by atoms with Gasteiger partial charge in [-0.2, -0.15) is 0 Å². The fourth-order valence-electron chi connectivity index (χ4n) is 1.14. The molecule has 0 unspecified atom stereocenters. The molecule has 13 heavy (non-hydrogen) atoms. The molecule has 66 valence electrons. The van der Waals surface area contributed by atoms with Crippen LogP contribution in [0.25, 0.3) is 11.0 Å². The predicted molar refractivity (Wildman–Crippen MR) is 51.5 cm³/mol. The van der Waals surface area contributed by atoms with Crippen LogP contribution in [0.5, 0.6) is 0 Å². The van der Waals surface area contributed by atoms with E-state index in [4.69, 9.17) is 17.3 Å². The first kappa shape index (κ1) is 8.19. The molecule has 2 aromatic rings. The van der Waals surface area contributed by atoms with Gasteiger partial charge in [-0.15, -0.1) is 0 Å². The predicted octanol–water partition coefficient (Wildman–Crippen LogP) is 1.57. The fraction of sp³-hybridized carbons (Fsp3) is 0.125. The molecule has 0 amide bonds. The van der Waals surface area contributed by atoms with Gasteiger partial charge in [-0.05, 0) is 13.0 Å². The zero-order chi connectivity index (χ0) is 9.42. The highest BCUT2D eigenvalue weighted by molar-refractivity contribution is 6.31. The van der Waals surface area contributed by atoms with E-state index in [0.29, 0.717) is 27.7 Å². The Morgan fingerprint density at radius 2 is 2.15 bits per heavy atom. The lowest BCUT2D eigenvalue weighted by molar-refractivity contribution is 1.09. The zero-order valence-electron chi connectivity index (χ0n) is 6.95. The first-order chi connectivity index (χ1) is 6.16. The van der Waals surface area contributed by atoms with Gasteiger partial charge < -0.3 is 5.73 Å². The Balaban J connectivity index is 2.86. The van der Waals surface area contributed by atoms with Crippen LogP contribution in [0.1, 0.15) is 5.82 Å². The van der Waals surface area contributed by atoms with Gasteiger partial charge in [0.1, 0.15) is 11.3 Å². The molecule has 0 saturated carbocycles. The molecule has 0 radical (unpaired) electrons. The van der Waals surface area contributed by atoms with E-state index in [9.17, 15) is 0 Å². The highest BCUT2D eigenvalue weighted by atomic mass is 35.5. The molecular weight excluding hydrogens is 188 g/mol. The lowest BCUT2D eigenvalue weighted by Crippen LogP contribution is -1.98. The molecular formula is C8H7ClN4. The SMILES string of the molecule is Cc1nc(N)c2ncc(Cl)cc2n1. The van der Waals surface area contributed by atoms with Gasteiger partial charge in [-0.1, -0.05) is 11.6 Å². The average Bonchev–Trinajstić information content (AvgIpc) is 2.02. The van der Waals surface area contributed by atoms with Gasteiger partial charge >= 0.3 is 0 Å². The van der Waals surface area contributed by atoms with Crippen molar-refractivity contribution in [2.24, 2.45) is 0 Å². The standard InChI is InChI=1S/C8H7ClN4/c1-4-12-6-2-5(9)3-11-7(6)8(10)13-4/h2-3H,1H3,(H2,10,12,13). The molecule has 0 aromatic carbocycles. The molecule has 0 saturated heterocycles. The Kier molecular flexibility index (Phi) is 1.77. The summed E-state index contributed by atoms with van der Waals surface area (Å²) < 4.78 is 0. The number of aryl methyl sites for hydroxylation is 1. The Labute approximate surface area is 79.8 Å². The van der Waals surface area contributed by atoms with Gasteiger partial charge in [0.15, 0.2) is 5.82 Å². The third-order valence-corrected chi connectivity index (χ3v) is 1.85. The van der Waals surface area contributed by atoms with E-state index in [1.165, 1.54) is 6.20 Å². The summed E-state index contributed by atoms with van der Waals surface area (Å²) in [5.74, 6) is 1.01. The number of hydrogen-bond acceptors (Lipinski definition) is 4. The van der Waals surface area contributed by atoms with Crippen LogP contribution in [0.15, 0.2) is 12.3 Å². The first-order valence-electron chi connectivity index (χ1n) is 3.72. The number of nitrogen functional groups attached to an aromatic ring is 1. The molecule has 0 fully saturated rings. The molecule has 0 atom stereocenters. The number of nitrogens with zero attached hydrogens (tertiary/aromatic N) is 3. The van der Waals surface area contributed by atoms with E-state index < -0.39 is 0 Å².